The standard InChI is InChI=1S/C14H12BrClN2O2/c1-9-2-3-10(6-12(9)15)8-17-13-5-4-11(16)7-14(13)18(19)20/h2-7,17H,8H2,1H3. The molecule has 0 saturated heterocycles. The predicted molar refractivity (Wildman–Crippen MR) is 84.3 cm³/mol. The largest absolute Gasteiger partial charge is 0.375 e. The topological polar surface area (TPSA) is 55.2 Å². The van der Waals surface area contributed by atoms with Gasteiger partial charge in [0.25, 0.3) is 5.69 Å². The fraction of sp³-hybridized carbons (Fsp3) is 0.143. The van der Waals surface area contributed by atoms with Crippen LogP contribution in [0.2, 0.25) is 5.02 Å². The quantitative estimate of drug-likeness (QED) is 0.625. The first-order valence-corrected chi connectivity index (χ1v) is 7.07. The molecule has 0 aliphatic rings. The molecule has 0 bridgehead atoms. The minimum atomic E-state index is -0.445. The molecule has 0 radical (unpaired) electrons. The molecule has 0 atom stereocenters. The van der Waals surface area contributed by atoms with E-state index in [0.29, 0.717) is 17.3 Å². The van der Waals surface area contributed by atoms with E-state index in [1.54, 1.807) is 12.1 Å². The van der Waals surface area contributed by atoms with E-state index < -0.39 is 4.92 Å². The third-order valence-corrected chi connectivity index (χ3v) is 3.97. The summed E-state index contributed by atoms with van der Waals surface area (Å²) in [5, 5.41) is 14.4. The third kappa shape index (κ3) is 3.49. The van der Waals surface area contributed by atoms with Gasteiger partial charge in [0.05, 0.1) is 4.92 Å². The van der Waals surface area contributed by atoms with Crippen molar-refractivity contribution in [1.82, 2.24) is 0 Å². The van der Waals surface area contributed by atoms with Crippen molar-refractivity contribution >= 4 is 38.9 Å². The molecule has 0 saturated carbocycles. The highest BCUT2D eigenvalue weighted by Crippen LogP contribution is 2.28. The molecular formula is C14H12BrClN2O2. The molecule has 0 aliphatic heterocycles. The van der Waals surface area contributed by atoms with Crippen molar-refractivity contribution in [3.63, 3.8) is 0 Å². The van der Waals surface area contributed by atoms with E-state index in [1.165, 1.54) is 6.07 Å². The highest BCUT2D eigenvalue weighted by atomic mass is 79.9. The van der Waals surface area contributed by atoms with Crippen LogP contribution in [0.1, 0.15) is 11.1 Å². The smallest absolute Gasteiger partial charge is 0.293 e. The van der Waals surface area contributed by atoms with Crippen molar-refractivity contribution in [2.45, 2.75) is 13.5 Å². The Morgan fingerprint density at radius 2 is 2.05 bits per heavy atom. The van der Waals surface area contributed by atoms with Gasteiger partial charge in [0.2, 0.25) is 0 Å². The first-order valence-electron chi connectivity index (χ1n) is 5.90. The lowest BCUT2D eigenvalue weighted by atomic mass is 10.1. The van der Waals surface area contributed by atoms with Crippen molar-refractivity contribution in [3.8, 4) is 0 Å². The normalized spacial score (nSPS) is 10.3. The van der Waals surface area contributed by atoms with Gasteiger partial charge in [0.15, 0.2) is 0 Å². The van der Waals surface area contributed by atoms with Crippen LogP contribution in [-0.2, 0) is 6.54 Å². The Kier molecular flexibility index (Phi) is 4.62. The van der Waals surface area contributed by atoms with E-state index in [4.69, 9.17) is 11.6 Å². The minimum absolute atomic E-state index is 0.0244. The van der Waals surface area contributed by atoms with Gasteiger partial charge < -0.3 is 5.32 Å². The van der Waals surface area contributed by atoms with Gasteiger partial charge in [0.1, 0.15) is 5.69 Å². The molecule has 6 heteroatoms. The number of anilines is 1. The zero-order valence-electron chi connectivity index (χ0n) is 10.7. The van der Waals surface area contributed by atoms with E-state index in [9.17, 15) is 10.1 Å². The molecule has 0 aliphatic carbocycles. The lowest BCUT2D eigenvalue weighted by molar-refractivity contribution is -0.383. The van der Waals surface area contributed by atoms with Gasteiger partial charge in [-0.3, -0.25) is 10.1 Å². The SMILES string of the molecule is Cc1ccc(CNc2ccc(Cl)cc2[N+](=O)[O-])cc1Br. The maximum Gasteiger partial charge on any atom is 0.293 e. The number of rotatable bonds is 4. The van der Waals surface area contributed by atoms with Crippen LogP contribution >= 0.6 is 27.5 Å². The molecule has 0 fully saturated rings. The van der Waals surface area contributed by atoms with Gasteiger partial charge in [-0.15, -0.1) is 0 Å². The summed E-state index contributed by atoms with van der Waals surface area (Å²) in [4.78, 5) is 10.5. The van der Waals surface area contributed by atoms with E-state index in [1.807, 2.05) is 25.1 Å². The Labute approximate surface area is 130 Å². The molecule has 0 spiro atoms. The Balaban J connectivity index is 2.18. The van der Waals surface area contributed by atoms with E-state index in [-0.39, 0.29) is 5.69 Å². The van der Waals surface area contributed by atoms with Gasteiger partial charge in [-0.25, -0.2) is 0 Å². The summed E-state index contributed by atoms with van der Waals surface area (Å²) >= 11 is 9.24. The van der Waals surface area contributed by atoms with Crippen molar-refractivity contribution in [3.05, 3.63) is 67.1 Å². The zero-order chi connectivity index (χ0) is 14.7. The van der Waals surface area contributed by atoms with Gasteiger partial charge >= 0.3 is 0 Å². The maximum atomic E-state index is 11.0. The molecule has 2 rings (SSSR count). The molecule has 4 nitrogen and oxygen atoms in total. The number of hydrogen-bond donors (Lipinski definition) is 1. The van der Waals surface area contributed by atoms with Crippen LogP contribution in [0.15, 0.2) is 40.9 Å². The second-order valence-corrected chi connectivity index (χ2v) is 5.65. The average molecular weight is 356 g/mol. The zero-order valence-corrected chi connectivity index (χ0v) is 13.0. The Hall–Kier alpha value is -1.59. The average Bonchev–Trinajstić information content (AvgIpc) is 2.41. The number of nitrogens with zero attached hydrogens (tertiary/aromatic N) is 1. The summed E-state index contributed by atoms with van der Waals surface area (Å²) < 4.78 is 1.02. The third-order valence-electron chi connectivity index (χ3n) is 2.88. The van der Waals surface area contributed by atoms with Crippen LogP contribution in [0.25, 0.3) is 0 Å². The van der Waals surface area contributed by atoms with E-state index >= 15 is 0 Å². The van der Waals surface area contributed by atoms with Crippen LogP contribution in [0, 0.1) is 17.0 Å². The molecular weight excluding hydrogens is 344 g/mol. The van der Waals surface area contributed by atoms with Crippen molar-refractivity contribution in [2.24, 2.45) is 0 Å². The molecule has 20 heavy (non-hydrogen) atoms. The molecule has 2 aromatic rings. The molecule has 0 unspecified atom stereocenters. The number of nitrogens with one attached hydrogen (secondary N) is 1. The summed E-state index contributed by atoms with van der Waals surface area (Å²) in [5.74, 6) is 0. The summed E-state index contributed by atoms with van der Waals surface area (Å²) in [6.45, 7) is 2.51. The lowest BCUT2D eigenvalue weighted by Gasteiger charge is -2.08. The highest BCUT2D eigenvalue weighted by molar-refractivity contribution is 9.10. The maximum absolute atomic E-state index is 11.0. The number of hydrogen-bond acceptors (Lipinski definition) is 3. The number of aryl methyl sites for hydroxylation is 1. The molecule has 0 heterocycles. The number of halogens is 2. The number of nitro benzene ring substituents is 1. The van der Waals surface area contributed by atoms with Crippen LogP contribution in [0.5, 0.6) is 0 Å². The fourth-order valence-corrected chi connectivity index (χ4v) is 2.34. The second-order valence-electron chi connectivity index (χ2n) is 4.36. The van der Waals surface area contributed by atoms with E-state index in [2.05, 4.69) is 21.2 Å². The Morgan fingerprint density at radius 3 is 2.70 bits per heavy atom. The highest BCUT2D eigenvalue weighted by Gasteiger charge is 2.13. The first-order chi connectivity index (χ1) is 9.47. The Bertz CT molecular complexity index is 662. The molecule has 104 valence electrons. The molecule has 2 aromatic carbocycles. The summed E-state index contributed by atoms with van der Waals surface area (Å²) in [5.41, 5.74) is 2.61. The van der Waals surface area contributed by atoms with Crippen molar-refractivity contribution in [2.75, 3.05) is 5.32 Å². The van der Waals surface area contributed by atoms with Crippen molar-refractivity contribution < 1.29 is 4.92 Å². The van der Waals surface area contributed by atoms with Crippen LogP contribution in [-0.4, -0.2) is 4.92 Å². The monoisotopic (exact) mass is 354 g/mol. The summed E-state index contributed by atoms with van der Waals surface area (Å²) in [6.07, 6.45) is 0. The number of nitro groups is 1. The van der Waals surface area contributed by atoms with Crippen LogP contribution in [0.4, 0.5) is 11.4 Å². The van der Waals surface area contributed by atoms with Crippen LogP contribution in [0.3, 0.4) is 0 Å². The number of benzene rings is 2. The fourth-order valence-electron chi connectivity index (χ4n) is 1.75. The van der Waals surface area contributed by atoms with Gasteiger partial charge in [-0.1, -0.05) is 39.7 Å². The summed E-state index contributed by atoms with van der Waals surface area (Å²) in [6, 6.07) is 10.6. The summed E-state index contributed by atoms with van der Waals surface area (Å²) in [7, 11) is 0. The second kappa shape index (κ2) is 6.24. The van der Waals surface area contributed by atoms with Gasteiger partial charge in [0, 0.05) is 22.1 Å². The van der Waals surface area contributed by atoms with Crippen molar-refractivity contribution in [1.29, 1.82) is 0 Å². The lowest BCUT2D eigenvalue weighted by Crippen LogP contribution is -2.02. The Morgan fingerprint density at radius 1 is 1.30 bits per heavy atom. The molecule has 0 aromatic heterocycles. The van der Waals surface area contributed by atoms with E-state index in [0.717, 1.165) is 15.6 Å². The molecule has 0 amide bonds. The molecule has 1 N–H and O–H groups in total. The van der Waals surface area contributed by atoms with Gasteiger partial charge in [-0.05, 0) is 36.2 Å². The minimum Gasteiger partial charge on any atom is -0.375 e. The van der Waals surface area contributed by atoms with Gasteiger partial charge in [-0.2, -0.15) is 0 Å². The predicted octanol–water partition coefficient (Wildman–Crippen LogP) is 4.93. The van der Waals surface area contributed by atoms with Crippen LogP contribution < -0.4 is 5.32 Å². The first kappa shape index (κ1) is 14.8.